The molecule has 0 heterocycles. The molecule has 0 aliphatic heterocycles. The van der Waals surface area contributed by atoms with Crippen molar-refractivity contribution in [1.82, 2.24) is 0 Å². The van der Waals surface area contributed by atoms with Crippen molar-refractivity contribution in [2.75, 3.05) is 0 Å². The Morgan fingerprint density at radius 1 is 0.438 bits per heavy atom. The van der Waals surface area contributed by atoms with E-state index in [1.54, 1.807) is 0 Å². The molecule has 0 fully saturated rings. The zero-order valence-electron chi connectivity index (χ0n) is 21.3. The molecule has 0 nitrogen and oxygen atoms in total. The summed E-state index contributed by atoms with van der Waals surface area (Å²) in [6, 6.07) is 33.6. The molecule has 0 spiro atoms. The Labute approximate surface area is 201 Å². The Bertz CT molecular complexity index is 839. The first-order chi connectivity index (χ1) is 14.9. The van der Waals surface area contributed by atoms with Crippen LogP contribution >= 0.6 is 0 Å². The monoisotopic (exact) mass is 534 g/mol. The van der Waals surface area contributed by atoms with Crippen molar-refractivity contribution in [3.05, 3.63) is 108 Å². The van der Waals surface area contributed by atoms with E-state index in [0.717, 1.165) is 0 Å². The third-order valence-corrected chi connectivity index (χ3v) is 22.1. The molecule has 0 N–H and O–H groups in total. The number of benzene rings is 3. The van der Waals surface area contributed by atoms with E-state index in [1.165, 1.54) is 30.0 Å². The number of hydrogen-bond donors (Lipinski definition) is 0. The summed E-state index contributed by atoms with van der Waals surface area (Å²) < 4.78 is 4.08. The molecule has 0 aliphatic carbocycles. The summed E-state index contributed by atoms with van der Waals surface area (Å²) in [4.78, 5) is 2.74. The van der Waals surface area contributed by atoms with Crippen molar-refractivity contribution in [2.45, 2.75) is 76.0 Å². The van der Waals surface area contributed by atoms with Crippen LogP contribution in [0.4, 0.5) is 0 Å². The molecule has 0 bridgehead atoms. The van der Waals surface area contributed by atoms with Gasteiger partial charge in [0.2, 0.25) is 0 Å². The molecule has 0 saturated carbocycles. The van der Waals surface area contributed by atoms with E-state index in [-0.39, 0.29) is 16.2 Å². The SMILES string of the molecule is CC(C)([CH2][Sn]([CH3])([CH2]C(C)(C)c1ccccc1)[CH2]C(C)(C)c1ccccc1)c1ccccc1. The summed E-state index contributed by atoms with van der Waals surface area (Å²) >= 11 is -2.66. The van der Waals surface area contributed by atoms with Gasteiger partial charge in [0.15, 0.2) is 0 Å². The average molecular weight is 533 g/mol. The molecule has 0 saturated heterocycles. The van der Waals surface area contributed by atoms with Gasteiger partial charge in [-0.25, -0.2) is 0 Å². The van der Waals surface area contributed by atoms with Gasteiger partial charge in [0.1, 0.15) is 0 Å². The topological polar surface area (TPSA) is 0 Å². The standard InChI is InChI=1S/3C10H13.CH3.Sn/c3*1-10(2,3)9-7-5-4-6-8-9;;/h3*4-8H,1H2,2-3H3;1H3;. The van der Waals surface area contributed by atoms with E-state index < -0.39 is 18.4 Å². The van der Waals surface area contributed by atoms with Crippen LogP contribution in [-0.2, 0) is 16.2 Å². The molecular formula is C31H42Sn. The van der Waals surface area contributed by atoms with Gasteiger partial charge in [-0.05, 0) is 0 Å². The van der Waals surface area contributed by atoms with Crippen LogP contribution in [-0.4, -0.2) is 18.4 Å². The van der Waals surface area contributed by atoms with Crippen molar-refractivity contribution in [3.63, 3.8) is 0 Å². The molecule has 170 valence electrons. The average Bonchev–Trinajstić information content (AvgIpc) is 2.74. The van der Waals surface area contributed by atoms with Crippen LogP contribution in [0, 0.1) is 0 Å². The Kier molecular flexibility index (Phi) is 7.65. The van der Waals surface area contributed by atoms with Gasteiger partial charge in [0.05, 0.1) is 0 Å². The van der Waals surface area contributed by atoms with Gasteiger partial charge in [-0.2, -0.15) is 0 Å². The van der Waals surface area contributed by atoms with Crippen LogP contribution in [0.3, 0.4) is 0 Å². The third-order valence-electron chi connectivity index (χ3n) is 7.27. The predicted molar refractivity (Wildman–Crippen MR) is 144 cm³/mol. The second-order valence-corrected chi connectivity index (χ2v) is 25.5. The summed E-state index contributed by atoms with van der Waals surface area (Å²) in [6.07, 6.45) is 0. The van der Waals surface area contributed by atoms with Crippen LogP contribution in [0.2, 0.25) is 18.2 Å². The molecule has 3 rings (SSSR count). The number of rotatable bonds is 9. The van der Waals surface area contributed by atoms with Crippen molar-refractivity contribution in [2.24, 2.45) is 0 Å². The van der Waals surface area contributed by atoms with Gasteiger partial charge in [-0.1, -0.05) is 0 Å². The summed E-state index contributed by atoms with van der Waals surface area (Å²) in [5.74, 6) is 0. The maximum absolute atomic E-state index is 2.74. The van der Waals surface area contributed by atoms with Crippen molar-refractivity contribution in [3.8, 4) is 0 Å². The van der Waals surface area contributed by atoms with Gasteiger partial charge in [-0.15, -0.1) is 0 Å². The van der Waals surface area contributed by atoms with E-state index in [9.17, 15) is 0 Å². The van der Waals surface area contributed by atoms with E-state index >= 15 is 0 Å². The molecule has 0 unspecified atom stereocenters. The van der Waals surface area contributed by atoms with Crippen molar-refractivity contribution >= 4 is 18.4 Å². The summed E-state index contributed by atoms with van der Waals surface area (Å²) in [5.41, 5.74) is 5.05. The first-order valence-corrected chi connectivity index (χ1v) is 21.0. The van der Waals surface area contributed by atoms with Gasteiger partial charge >= 0.3 is 202 Å². The molecule has 0 atom stereocenters. The molecule has 32 heavy (non-hydrogen) atoms. The molecule has 3 aromatic carbocycles. The summed E-state index contributed by atoms with van der Waals surface area (Å²) in [7, 11) is 0. The predicted octanol–water partition coefficient (Wildman–Crippen LogP) is 9.00. The first-order valence-electron chi connectivity index (χ1n) is 12.1. The van der Waals surface area contributed by atoms with Crippen LogP contribution < -0.4 is 0 Å². The van der Waals surface area contributed by atoms with Gasteiger partial charge in [0, 0.05) is 0 Å². The second-order valence-electron chi connectivity index (χ2n) is 12.1. The van der Waals surface area contributed by atoms with Gasteiger partial charge in [-0.3, -0.25) is 0 Å². The fourth-order valence-corrected chi connectivity index (χ4v) is 27.5. The molecule has 0 aliphatic rings. The molecule has 0 radical (unpaired) electrons. The van der Waals surface area contributed by atoms with Gasteiger partial charge in [0.25, 0.3) is 0 Å². The minimum atomic E-state index is -2.66. The van der Waals surface area contributed by atoms with Crippen molar-refractivity contribution < 1.29 is 0 Å². The fraction of sp³-hybridized carbons (Fsp3) is 0.419. The van der Waals surface area contributed by atoms with Crippen LogP contribution in [0.5, 0.6) is 0 Å². The van der Waals surface area contributed by atoms with Crippen LogP contribution in [0.15, 0.2) is 91.0 Å². The Balaban J connectivity index is 1.98. The minimum absolute atomic E-state index is 0.200. The van der Waals surface area contributed by atoms with E-state index in [2.05, 4.69) is 137 Å². The first kappa shape index (κ1) is 25.1. The molecule has 0 aromatic heterocycles. The Morgan fingerprint density at radius 2 is 0.656 bits per heavy atom. The molecular weight excluding hydrogens is 491 g/mol. The summed E-state index contributed by atoms with van der Waals surface area (Å²) in [5, 5.41) is 0. The Hall–Kier alpha value is -1.54. The molecule has 0 amide bonds. The van der Waals surface area contributed by atoms with E-state index in [4.69, 9.17) is 0 Å². The quantitative estimate of drug-likeness (QED) is 0.241. The fourth-order valence-electron chi connectivity index (χ4n) is 6.36. The zero-order chi connectivity index (χ0) is 23.5. The third kappa shape index (κ3) is 6.28. The van der Waals surface area contributed by atoms with Crippen molar-refractivity contribution in [1.29, 1.82) is 0 Å². The van der Waals surface area contributed by atoms with E-state index in [1.807, 2.05) is 0 Å². The maximum atomic E-state index is 2.74. The number of hydrogen-bond acceptors (Lipinski definition) is 0. The normalized spacial score (nSPS) is 13.2. The Morgan fingerprint density at radius 3 is 0.875 bits per heavy atom. The van der Waals surface area contributed by atoms with Gasteiger partial charge < -0.3 is 0 Å². The molecule has 3 aromatic rings. The van der Waals surface area contributed by atoms with Crippen LogP contribution in [0.1, 0.15) is 58.2 Å². The molecule has 1 heteroatoms. The van der Waals surface area contributed by atoms with Crippen LogP contribution in [0.25, 0.3) is 0 Å². The summed E-state index contributed by atoms with van der Waals surface area (Å²) in [6.45, 7) is 14.8. The zero-order valence-corrected chi connectivity index (χ0v) is 24.1. The van der Waals surface area contributed by atoms with E-state index in [0.29, 0.717) is 0 Å². The second kappa shape index (κ2) is 9.75.